The van der Waals surface area contributed by atoms with Crippen molar-refractivity contribution in [2.75, 3.05) is 7.05 Å². The molecule has 1 aromatic rings. The molecule has 2 nitrogen and oxygen atoms in total. The second-order valence-electron chi connectivity index (χ2n) is 5.21. The largest absolute Gasteiger partial charge is 0.316 e. The number of hydrogen-bond donors (Lipinski definition) is 1. The number of aryl methyl sites for hydroxylation is 1. The minimum absolute atomic E-state index is 0.193. The molecule has 90 valence electrons. The molecule has 0 aliphatic carbocycles. The highest BCUT2D eigenvalue weighted by atomic mass is 19.1. The molecule has 1 rings (SSSR count). The lowest BCUT2D eigenvalue weighted by Crippen LogP contribution is -2.38. The highest BCUT2D eigenvalue weighted by Crippen LogP contribution is 2.23. The average Bonchev–Trinajstić information content (AvgIpc) is 2.19. The molecule has 0 aromatic carbocycles. The first-order valence-electron chi connectivity index (χ1n) is 5.71. The van der Waals surface area contributed by atoms with Crippen LogP contribution < -0.4 is 5.32 Å². The maximum Gasteiger partial charge on any atom is 0.144 e. The molecular formula is C13H21FN2. The number of hydrogen-bond acceptors (Lipinski definition) is 2. The van der Waals surface area contributed by atoms with Crippen molar-refractivity contribution in [2.24, 2.45) is 5.41 Å². The van der Waals surface area contributed by atoms with Crippen LogP contribution in [0, 0.1) is 11.2 Å². The smallest absolute Gasteiger partial charge is 0.144 e. The molecular weight excluding hydrogens is 203 g/mol. The maximum atomic E-state index is 13.4. The Morgan fingerprint density at radius 3 is 2.62 bits per heavy atom. The van der Waals surface area contributed by atoms with Gasteiger partial charge in [-0.1, -0.05) is 20.8 Å². The van der Waals surface area contributed by atoms with Crippen LogP contribution in [-0.4, -0.2) is 18.1 Å². The summed E-state index contributed by atoms with van der Waals surface area (Å²) < 4.78 is 13.4. The van der Waals surface area contributed by atoms with Crippen LogP contribution in [0.25, 0.3) is 0 Å². The summed E-state index contributed by atoms with van der Waals surface area (Å²) in [5, 5.41) is 3.29. The second-order valence-corrected chi connectivity index (χ2v) is 5.21. The number of nitrogens with one attached hydrogen (secondary N) is 1. The van der Waals surface area contributed by atoms with Gasteiger partial charge in [-0.05, 0) is 36.9 Å². The van der Waals surface area contributed by atoms with E-state index in [0.717, 1.165) is 18.4 Å². The highest BCUT2D eigenvalue weighted by molar-refractivity contribution is 5.12. The van der Waals surface area contributed by atoms with Gasteiger partial charge in [0.15, 0.2) is 0 Å². The van der Waals surface area contributed by atoms with Gasteiger partial charge in [0.05, 0.1) is 6.20 Å². The van der Waals surface area contributed by atoms with Crippen LogP contribution in [-0.2, 0) is 6.42 Å². The summed E-state index contributed by atoms with van der Waals surface area (Å²) in [5.74, 6) is -0.203. The van der Waals surface area contributed by atoms with E-state index >= 15 is 0 Å². The molecule has 0 amide bonds. The number of nitrogens with zero attached hydrogens (tertiary/aromatic N) is 1. The van der Waals surface area contributed by atoms with Crippen LogP contribution in [0.4, 0.5) is 4.39 Å². The summed E-state index contributed by atoms with van der Waals surface area (Å²) in [6, 6.07) is 2.14. The van der Waals surface area contributed by atoms with Gasteiger partial charge < -0.3 is 5.32 Å². The standard InChI is InChI=1S/C13H21FN2/c1-13(2,3)12(15-4)6-5-10-7-8-16-9-11(10)14/h7-9,12,15H,5-6H2,1-4H3. The van der Waals surface area contributed by atoms with Gasteiger partial charge in [0, 0.05) is 12.2 Å². The fourth-order valence-electron chi connectivity index (χ4n) is 1.92. The minimum atomic E-state index is -0.203. The Hall–Kier alpha value is -0.960. The molecule has 1 N–H and O–H groups in total. The Balaban J connectivity index is 2.60. The molecule has 0 aliphatic heterocycles. The molecule has 0 fully saturated rings. The van der Waals surface area contributed by atoms with E-state index in [-0.39, 0.29) is 11.2 Å². The first kappa shape index (κ1) is 13.1. The van der Waals surface area contributed by atoms with Crippen LogP contribution in [0.2, 0.25) is 0 Å². The van der Waals surface area contributed by atoms with Crippen molar-refractivity contribution >= 4 is 0 Å². The van der Waals surface area contributed by atoms with Crippen molar-refractivity contribution in [3.8, 4) is 0 Å². The minimum Gasteiger partial charge on any atom is -0.316 e. The molecule has 1 aromatic heterocycles. The van der Waals surface area contributed by atoms with E-state index in [1.165, 1.54) is 6.20 Å². The van der Waals surface area contributed by atoms with Crippen molar-refractivity contribution in [1.29, 1.82) is 0 Å². The molecule has 0 radical (unpaired) electrons. The van der Waals surface area contributed by atoms with Crippen LogP contribution in [0.5, 0.6) is 0 Å². The van der Waals surface area contributed by atoms with Crippen molar-refractivity contribution in [3.63, 3.8) is 0 Å². The number of pyridine rings is 1. The van der Waals surface area contributed by atoms with Crippen molar-refractivity contribution in [1.82, 2.24) is 10.3 Å². The zero-order valence-corrected chi connectivity index (χ0v) is 10.5. The van der Waals surface area contributed by atoms with Crippen LogP contribution in [0.1, 0.15) is 32.8 Å². The Morgan fingerprint density at radius 2 is 2.12 bits per heavy atom. The molecule has 16 heavy (non-hydrogen) atoms. The topological polar surface area (TPSA) is 24.9 Å². The molecule has 0 aliphatic rings. The average molecular weight is 224 g/mol. The third-order valence-corrected chi connectivity index (χ3v) is 2.95. The van der Waals surface area contributed by atoms with E-state index in [2.05, 4.69) is 31.1 Å². The van der Waals surface area contributed by atoms with Gasteiger partial charge in [0.25, 0.3) is 0 Å². The molecule has 0 saturated heterocycles. The Morgan fingerprint density at radius 1 is 1.44 bits per heavy atom. The quantitative estimate of drug-likeness (QED) is 0.850. The number of aromatic nitrogens is 1. The van der Waals surface area contributed by atoms with Crippen molar-refractivity contribution in [3.05, 3.63) is 29.8 Å². The Kier molecular flexibility index (Phi) is 4.42. The van der Waals surface area contributed by atoms with E-state index in [1.807, 2.05) is 7.05 Å². The Labute approximate surface area is 97.3 Å². The van der Waals surface area contributed by atoms with Gasteiger partial charge in [-0.2, -0.15) is 0 Å². The SMILES string of the molecule is CNC(CCc1ccncc1F)C(C)(C)C. The molecule has 0 saturated carbocycles. The van der Waals surface area contributed by atoms with E-state index < -0.39 is 0 Å². The fourth-order valence-corrected chi connectivity index (χ4v) is 1.92. The molecule has 0 spiro atoms. The van der Waals surface area contributed by atoms with Gasteiger partial charge >= 0.3 is 0 Å². The molecule has 1 heterocycles. The normalized spacial score (nSPS) is 13.8. The lowest BCUT2D eigenvalue weighted by atomic mass is 9.83. The zero-order valence-electron chi connectivity index (χ0n) is 10.5. The maximum absolute atomic E-state index is 13.4. The molecule has 0 bridgehead atoms. The van der Waals surface area contributed by atoms with Gasteiger partial charge in [0.2, 0.25) is 0 Å². The van der Waals surface area contributed by atoms with E-state index in [1.54, 1.807) is 12.3 Å². The fraction of sp³-hybridized carbons (Fsp3) is 0.615. The number of halogens is 1. The van der Waals surface area contributed by atoms with Crippen molar-refractivity contribution < 1.29 is 4.39 Å². The molecule has 1 atom stereocenters. The van der Waals surface area contributed by atoms with E-state index in [9.17, 15) is 4.39 Å². The number of rotatable bonds is 4. The zero-order chi connectivity index (χ0) is 12.2. The summed E-state index contributed by atoms with van der Waals surface area (Å²) in [4.78, 5) is 3.75. The predicted molar refractivity (Wildman–Crippen MR) is 64.8 cm³/mol. The van der Waals surface area contributed by atoms with Gasteiger partial charge in [0.1, 0.15) is 5.82 Å². The third kappa shape index (κ3) is 3.56. The predicted octanol–water partition coefficient (Wildman–Crippen LogP) is 2.79. The third-order valence-electron chi connectivity index (χ3n) is 2.95. The summed E-state index contributed by atoms with van der Waals surface area (Å²) in [6.07, 6.45) is 4.60. The van der Waals surface area contributed by atoms with E-state index in [0.29, 0.717) is 6.04 Å². The second kappa shape index (κ2) is 5.39. The molecule has 1 unspecified atom stereocenters. The van der Waals surface area contributed by atoms with Gasteiger partial charge in [-0.3, -0.25) is 4.98 Å². The summed E-state index contributed by atoms with van der Waals surface area (Å²) in [7, 11) is 1.96. The first-order valence-corrected chi connectivity index (χ1v) is 5.71. The lowest BCUT2D eigenvalue weighted by Gasteiger charge is -2.30. The summed E-state index contributed by atoms with van der Waals surface area (Å²) >= 11 is 0. The first-order chi connectivity index (χ1) is 7.45. The van der Waals surface area contributed by atoms with Gasteiger partial charge in [-0.15, -0.1) is 0 Å². The van der Waals surface area contributed by atoms with Crippen molar-refractivity contribution in [2.45, 2.75) is 39.7 Å². The molecule has 3 heteroatoms. The lowest BCUT2D eigenvalue weighted by molar-refractivity contribution is 0.267. The highest BCUT2D eigenvalue weighted by Gasteiger charge is 2.22. The van der Waals surface area contributed by atoms with Crippen LogP contribution >= 0.6 is 0 Å². The van der Waals surface area contributed by atoms with Crippen LogP contribution in [0.3, 0.4) is 0 Å². The monoisotopic (exact) mass is 224 g/mol. The Bertz CT molecular complexity index is 331. The van der Waals surface area contributed by atoms with Crippen LogP contribution in [0.15, 0.2) is 18.5 Å². The van der Waals surface area contributed by atoms with E-state index in [4.69, 9.17) is 0 Å². The summed E-state index contributed by atoms with van der Waals surface area (Å²) in [6.45, 7) is 6.57. The van der Waals surface area contributed by atoms with Gasteiger partial charge in [-0.25, -0.2) is 4.39 Å². The summed E-state index contributed by atoms with van der Waals surface area (Å²) in [5.41, 5.74) is 0.942.